The van der Waals surface area contributed by atoms with E-state index >= 15 is 0 Å². The quantitative estimate of drug-likeness (QED) is 0.718. The molecule has 1 atom stereocenters. The maximum absolute atomic E-state index is 11.8. The minimum Gasteiger partial charge on any atom is -0.370 e. The number of H-pyrrole nitrogens is 1. The fourth-order valence-corrected chi connectivity index (χ4v) is 1.86. The van der Waals surface area contributed by atoms with Gasteiger partial charge in [0.25, 0.3) is 5.56 Å². The van der Waals surface area contributed by atoms with Gasteiger partial charge in [0.1, 0.15) is 5.82 Å². The average molecular weight is 260 g/mol. The predicted octanol–water partition coefficient (Wildman–Crippen LogP) is 0.277. The number of aromatic nitrogens is 2. The lowest BCUT2D eigenvalue weighted by molar-refractivity contribution is -0.118. The highest BCUT2D eigenvalue weighted by Gasteiger charge is 2.07. The first-order valence-corrected chi connectivity index (χ1v) is 6.06. The normalized spacial score (nSPS) is 12.5. The summed E-state index contributed by atoms with van der Waals surface area (Å²) >= 11 is 0. The van der Waals surface area contributed by atoms with Gasteiger partial charge in [-0.1, -0.05) is 12.1 Å². The van der Waals surface area contributed by atoms with Gasteiger partial charge in [0, 0.05) is 12.5 Å². The van der Waals surface area contributed by atoms with E-state index in [-0.39, 0.29) is 23.9 Å². The number of hydrogen-bond donors (Lipinski definition) is 3. The first kappa shape index (κ1) is 13.2. The van der Waals surface area contributed by atoms with Gasteiger partial charge in [-0.25, -0.2) is 4.98 Å². The molecule has 0 spiro atoms. The standard InChI is InChI=1S/C13H16N4O2/c1-8(6-11(14)18)15-7-12-16-10-5-3-2-4-9(10)13(19)17-12/h2-5,8,15H,6-7H2,1H3,(H2,14,18)(H,16,17,19). The lowest BCUT2D eigenvalue weighted by atomic mass is 10.2. The van der Waals surface area contributed by atoms with Crippen molar-refractivity contribution in [3.05, 3.63) is 40.4 Å². The Morgan fingerprint density at radius 2 is 2.21 bits per heavy atom. The number of carbonyl (C=O) groups is 1. The van der Waals surface area contributed by atoms with Crippen molar-refractivity contribution in [2.75, 3.05) is 0 Å². The highest BCUT2D eigenvalue weighted by Crippen LogP contribution is 2.05. The Hall–Kier alpha value is -2.21. The number of carbonyl (C=O) groups excluding carboxylic acids is 1. The maximum atomic E-state index is 11.8. The van der Waals surface area contributed by atoms with Gasteiger partial charge >= 0.3 is 0 Å². The zero-order valence-corrected chi connectivity index (χ0v) is 10.6. The zero-order valence-electron chi connectivity index (χ0n) is 10.6. The molecule has 0 fully saturated rings. The second kappa shape index (κ2) is 5.62. The highest BCUT2D eigenvalue weighted by molar-refractivity contribution is 5.77. The molecule has 0 radical (unpaired) electrons. The molecule has 0 aliphatic rings. The van der Waals surface area contributed by atoms with Gasteiger partial charge in [-0.15, -0.1) is 0 Å². The van der Waals surface area contributed by atoms with Crippen LogP contribution in [-0.2, 0) is 11.3 Å². The van der Waals surface area contributed by atoms with E-state index in [0.29, 0.717) is 23.3 Å². The molecule has 6 heteroatoms. The summed E-state index contributed by atoms with van der Waals surface area (Å²) in [5, 5.41) is 3.65. The van der Waals surface area contributed by atoms with E-state index in [1.807, 2.05) is 13.0 Å². The van der Waals surface area contributed by atoms with Crippen molar-refractivity contribution < 1.29 is 4.79 Å². The summed E-state index contributed by atoms with van der Waals surface area (Å²) in [6, 6.07) is 7.09. The Morgan fingerprint density at radius 1 is 1.47 bits per heavy atom. The Labute approximate surface area is 110 Å². The van der Waals surface area contributed by atoms with Gasteiger partial charge in [0.15, 0.2) is 0 Å². The summed E-state index contributed by atoms with van der Waals surface area (Å²) in [6.45, 7) is 2.23. The fraction of sp³-hybridized carbons (Fsp3) is 0.308. The van der Waals surface area contributed by atoms with Crippen molar-refractivity contribution in [3.8, 4) is 0 Å². The third kappa shape index (κ3) is 3.38. The Balaban J connectivity index is 2.13. The summed E-state index contributed by atoms with van der Waals surface area (Å²) in [4.78, 5) is 29.6. The minimum atomic E-state index is -0.361. The van der Waals surface area contributed by atoms with Crippen molar-refractivity contribution in [2.24, 2.45) is 5.73 Å². The maximum Gasteiger partial charge on any atom is 0.258 e. The largest absolute Gasteiger partial charge is 0.370 e. The molecule has 1 heterocycles. The number of nitrogens with two attached hydrogens (primary N) is 1. The van der Waals surface area contributed by atoms with Crippen LogP contribution in [0.2, 0.25) is 0 Å². The first-order valence-electron chi connectivity index (χ1n) is 6.06. The molecule has 2 rings (SSSR count). The molecule has 19 heavy (non-hydrogen) atoms. The summed E-state index contributed by atoms with van der Waals surface area (Å²) < 4.78 is 0. The summed E-state index contributed by atoms with van der Waals surface area (Å²) in [6.07, 6.45) is 0.248. The molecule has 4 N–H and O–H groups in total. The smallest absolute Gasteiger partial charge is 0.258 e. The molecular weight excluding hydrogens is 244 g/mol. The number of amides is 1. The number of rotatable bonds is 5. The molecule has 1 aromatic heterocycles. The van der Waals surface area contributed by atoms with E-state index in [1.165, 1.54) is 0 Å². The summed E-state index contributed by atoms with van der Waals surface area (Å²) in [5.74, 6) is 0.181. The molecule has 6 nitrogen and oxygen atoms in total. The molecule has 1 aromatic carbocycles. The molecule has 0 aliphatic carbocycles. The monoisotopic (exact) mass is 260 g/mol. The number of para-hydroxylation sites is 1. The van der Waals surface area contributed by atoms with Crippen LogP contribution in [0.4, 0.5) is 0 Å². The Morgan fingerprint density at radius 3 is 2.95 bits per heavy atom. The van der Waals surface area contributed by atoms with Crippen molar-refractivity contribution in [3.63, 3.8) is 0 Å². The third-order valence-corrected chi connectivity index (χ3v) is 2.79. The second-order valence-electron chi connectivity index (χ2n) is 4.48. The van der Waals surface area contributed by atoms with Crippen LogP contribution in [0.3, 0.4) is 0 Å². The lowest BCUT2D eigenvalue weighted by Gasteiger charge is -2.11. The van der Waals surface area contributed by atoms with Gasteiger partial charge in [0.05, 0.1) is 17.4 Å². The van der Waals surface area contributed by atoms with Crippen LogP contribution < -0.4 is 16.6 Å². The van der Waals surface area contributed by atoms with Crippen LogP contribution >= 0.6 is 0 Å². The van der Waals surface area contributed by atoms with Crippen LogP contribution in [0.15, 0.2) is 29.1 Å². The second-order valence-corrected chi connectivity index (χ2v) is 4.48. The van der Waals surface area contributed by atoms with Gasteiger partial charge in [0.2, 0.25) is 5.91 Å². The molecule has 2 aromatic rings. The SMILES string of the molecule is CC(CC(N)=O)NCc1nc2ccccc2c(=O)[nH]1. The molecular formula is C13H16N4O2. The van der Waals surface area contributed by atoms with E-state index in [4.69, 9.17) is 5.73 Å². The van der Waals surface area contributed by atoms with Crippen LogP contribution in [0, 0.1) is 0 Å². The number of benzene rings is 1. The van der Waals surface area contributed by atoms with Crippen LogP contribution in [0.5, 0.6) is 0 Å². The summed E-state index contributed by atoms with van der Waals surface area (Å²) in [5.41, 5.74) is 5.60. The van der Waals surface area contributed by atoms with Crippen LogP contribution in [0.25, 0.3) is 10.9 Å². The molecule has 1 unspecified atom stereocenters. The molecule has 0 saturated carbocycles. The fourth-order valence-electron chi connectivity index (χ4n) is 1.86. The van der Waals surface area contributed by atoms with Crippen molar-refractivity contribution >= 4 is 16.8 Å². The number of fused-ring (bicyclic) bond motifs is 1. The zero-order chi connectivity index (χ0) is 13.8. The van der Waals surface area contributed by atoms with E-state index in [2.05, 4.69) is 15.3 Å². The van der Waals surface area contributed by atoms with E-state index in [0.717, 1.165) is 0 Å². The molecule has 0 aliphatic heterocycles. The van der Waals surface area contributed by atoms with Crippen molar-refractivity contribution in [1.82, 2.24) is 15.3 Å². The van der Waals surface area contributed by atoms with Crippen LogP contribution in [-0.4, -0.2) is 21.9 Å². The molecule has 0 saturated heterocycles. The Kier molecular flexibility index (Phi) is 3.91. The minimum absolute atomic E-state index is 0.0609. The van der Waals surface area contributed by atoms with E-state index in [1.54, 1.807) is 18.2 Å². The van der Waals surface area contributed by atoms with Crippen molar-refractivity contribution in [1.29, 1.82) is 0 Å². The molecule has 100 valence electrons. The van der Waals surface area contributed by atoms with Crippen LogP contribution in [0.1, 0.15) is 19.2 Å². The number of nitrogens with one attached hydrogen (secondary N) is 2. The highest BCUT2D eigenvalue weighted by atomic mass is 16.1. The third-order valence-electron chi connectivity index (χ3n) is 2.79. The van der Waals surface area contributed by atoms with Gasteiger partial charge in [-0.3, -0.25) is 9.59 Å². The van der Waals surface area contributed by atoms with E-state index in [9.17, 15) is 9.59 Å². The van der Waals surface area contributed by atoms with Gasteiger partial charge in [-0.2, -0.15) is 0 Å². The lowest BCUT2D eigenvalue weighted by Crippen LogP contribution is -2.31. The molecule has 0 bridgehead atoms. The first-order chi connectivity index (χ1) is 9.06. The Bertz CT molecular complexity index is 650. The van der Waals surface area contributed by atoms with E-state index < -0.39 is 0 Å². The van der Waals surface area contributed by atoms with Crippen molar-refractivity contribution in [2.45, 2.75) is 25.9 Å². The number of aromatic amines is 1. The topological polar surface area (TPSA) is 101 Å². The van der Waals surface area contributed by atoms with Gasteiger partial charge < -0.3 is 16.0 Å². The number of primary amides is 1. The average Bonchev–Trinajstić information content (AvgIpc) is 2.36. The van der Waals surface area contributed by atoms with Gasteiger partial charge in [-0.05, 0) is 19.1 Å². The predicted molar refractivity (Wildman–Crippen MR) is 72.5 cm³/mol. The molecule has 1 amide bonds. The number of nitrogens with zero attached hydrogens (tertiary/aromatic N) is 1. The summed E-state index contributed by atoms with van der Waals surface area (Å²) in [7, 11) is 0. The number of hydrogen-bond acceptors (Lipinski definition) is 4.